The molecule has 0 saturated carbocycles. The number of rotatable bonds is 10. The van der Waals surface area contributed by atoms with Gasteiger partial charge in [-0.25, -0.2) is 0 Å². The van der Waals surface area contributed by atoms with Crippen LogP contribution in [0.15, 0.2) is 54.7 Å². The van der Waals surface area contributed by atoms with E-state index in [4.69, 9.17) is 16.2 Å². The van der Waals surface area contributed by atoms with Gasteiger partial charge < -0.3 is 26.5 Å². The van der Waals surface area contributed by atoms with Crippen LogP contribution in [0.4, 0.5) is 11.4 Å². The van der Waals surface area contributed by atoms with E-state index in [1.54, 1.807) is 25.3 Å². The van der Waals surface area contributed by atoms with Gasteiger partial charge in [0, 0.05) is 28.4 Å². The first-order valence-corrected chi connectivity index (χ1v) is 13.0. The van der Waals surface area contributed by atoms with Gasteiger partial charge in [-0.1, -0.05) is 37.3 Å². The molecule has 0 aliphatic carbocycles. The lowest BCUT2D eigenvalue weighted by Gasteiger charge is -2.31. The van der Waals surface area contributed by atoms with Crippen molar-refractivity contribution in [3.63, 3.8) is 0 Å². The van der Waals surface area contributed by atoms with Crippen molar-refractivity contribution < 1.29 is 23.9 Å². The summed E-state index contributed by atoms with van der Waals surface area (Å²) in [6, 6.07) is 13.2. The number of nitrogen functional groups attached to an aromatic ring is 1. The maximum absolute atomic E-state index is 14.2. The molecule has 2 aromatic heterocycles. The Kier molecular flexibility index (Phi) is 8.25. The number of aromatic amines is 1. The first-order valence-electron chi connectivity index (χ1n) is 12.2. The van der Waals surface area contributed by atoms with Crippen molar-refractivity contribution in [2.75, 3.05) is 23.8 Å². The van der Waals surface area contributed by atoms with E-state index in [1.807, 2.05) is 43.3 Å². The SMILES string of the molecule is CCOC(=O)CNC(=O)[C@@H](c1c[nH]c2ccccc12)N(C(=O)c1snc(C(N)=O)c1N)c1ccc(CC)cc1. The molecule has 0 radical (unpaired) electrons. The summed E-state index contributed by atoms with van der Waals surface area (Å²) in [5, 5.41) is 3.30. The summed E-state index contributed by atoms with van der Waals surface area (Å²) in [4.78, 5) is 56.2. The van der Waals surface area contributed by atoms with Gasteiger partial charge in [-0.2, -0.15) is 4.37 Å². The Morgan fingerprint density at radius 3 is 2.46 bits per heavy atom. The van der Waals surface area contributed by atoms with Gasteiger partial charge in [0.2, 0.25) is 5.91 Å². The fourth-order valence-electron chi connectivity index (χ4n) is 4.20. The molecule has 0 aliphatic heterocycles. The van der Waals surface area contributed by atoms with Crippen LogP contribution in [0.1, 0.15) is 51.2 Å². The van der Waals surface area contributed by atoms with Crippen LogP contribution < -0.4 is 21.7 Å². The van der Waals surface area contributed by atoms with Crippen molar-refractivity contribution in [3.05, 3.63) is 76.4 Å². The molecular weight excluding hydrogens is 520 g/mol. The van der Waals surface area contributed by atoms with Gasteiger partial charge in [-0.3, -0.25) is 24.1 Å². The number of fused-ring (bicyclic) bond motifs is 1. The van der Waals surface area contributed by atoms with Crippen LogP contribution >= 0.6 is 11.5 Å². The summed E-state index contributed by atoms with van der Waals surface area (Å²) in [5.74, 6) is -2.78. The third-order valence-electron chi connectivity index (χ3n) is 6.13. The number of amides is 3. The van der Waals surface area contributed by atoms with Crippen molar-refractivity contribution in [1.82, 2.24) is 14.7 Å². The Balaban J connectivity index is 1.89. The number of primary amides is 1. The van der Waals surface area contributed by atoms with Crippen LogP contribution in [0, 0.1) is 0 Å². The zero-order valence-corrected chi connectivity index (χ0v) is 22.2. The topological polar surface area (TPSA) is 174 Å². The third-order valence-corrected chi connectivity index (χ3v) is 6.98. The molecule has 0 unspecified atom stereocenters. The average Bonchev–Trinajstić information content (AvgIpc) is 3.54. The second-order valence-electron chi connectivity index (χ2n) is 8.55. The maximum atomic E-state index is 14.2. The van der Waals surface area contributed by atoms with Crippen molar-refractivity contribution in [3.8, 4) is 0 Å². The fraction of sp³-hybridized carbons (Fsp3) is 0.222. The standard InChI is InChI=1S/C27H28N6O5S/c1-3-15-9-11-16(12-10-15)33(27(37)24-21(28)22(25(29)35)32-39-24)23(26(36)31-14-20(34)38-4-2)18-13-30-19-8-6-5-7-17(18)19/h5-13,23,30H,3-4,14,28H2,1-2H3,(H2,29,35)(H,31,36)/t23-/m1/s1. The highest BCUT2D eigenvalue weighted by Gasteiger charge is 2.37. The number of anilines is 2. The normalized spacial score (nSPS) is 11.6. The molecule has 4 aromatic rings. The van der Waals surface area contributed by atoms with E-state index in [2.05, 4.69) is 14.7 Å². The van der Waals surface area contributed by atoms with Crippen LogP contribution in [0.5, 0.6) is 0 Å². The lowest BCUT2D eigenvalue weighted by Crippen LogP contribution is -2.45. The van der Waals surface area contributed by atoms with Crippen LogP contribution in [-0.2, 0) is 20.7 Å². The molecule has 0 aliphatic rings. The molecule has 2 heterocycles. The second kappa shape index (κ2) is 11.8. The number of carbonyl (C=O) groups is 4. The zero-order chi connectivity index (χ0) is 28.1. The van der Waals surface area contributed by atoms with Gasteiger partial charge in [0.15, 0.2) is 5.69 Å². The van der Waals surface area contributed by atoms with Gasteiger partial charge in [-0.05, 0) is 48.6 Å². The van der Waals surface area contributed by atoms with Gasteiger partial charge in [0.05, 0.1) is 12.3 Å². The minimum absolute atomic E-state index is 0.0496. The number of hydrogen-bond acceptors (Lipinski definition) is 8. The summed E-state index contributed by atoms with van der Waals surface area (Å²) < 4.78 is 8.92. The first kappa shape index (κ1) is 27.3. The Hall–Kier alpha value is -4.71. The number of esters is 1. The summed E-state index contributed by atoms with van der Waals surface area (Å²) in [5.41, 5.74) is 13.8. The van der Waals surface area contributed by atoms with Crippen LogP contribution in [0.25, 0.3) is 10.9 Å². The molecule has 39 heavy (non-hydrogen) atoms. The monoisotopic (exact) mass is 548 g/mol. The number of nitrogens with two attached hydrogens (primary N) is 2. The molecule has 202 valence electrons. The minimum Gasteiger partial charge on any atom is -0.465 e. The van der Waals surface area contributed by atoms with E-state index >= 15 is 0 Å². The number of nitrogens with zero attached hydrogens (tertiary/aromatic N) is 2. The number of ether oxygens (including phenoxy) is 1. The van der Waals surface area contributed by atoms with E-state index in [0.717, 1.165) is 29.0 Å². The molecule has 2 aromatic carbocycles. The highest BCUT2D eigenvalue weighted by Crippen LogP contribution is 2.36. The van der Waals surface area contributed by atoms with Crippen molar-refractivity contribution in [2.45, 2.75) is 26.3 Å². The predicted octanol–water partition coefficient (Wildman–Crippen LogP) is 2.94. The molecule has 0 fully saturated rings. The zero-order valence-electron chi connectivity index (χ0n) is 21.4. The molecule has 0 bridgehead atoms. The Bertz CT molecular complexity index is 1530. The van der Waals surface area contributed by atoms with Crippen LogP contribution in [0.2, 0.25) is 0 Å². The molecule has 12 heteroatoms. The number of nitrogens with one attached hydrogen (secondary N) is 2. The predicted molar refractivity (Wildman–Crippen MR) is 148 cm³/mol. The smallest absolute Gasteiger partial charge is 0.325 e. The highest BCUT2D eigenvalue weighted by atomic mass is 32.1. The number of aromatic nitrogens is 2. The number of hydrogen-bond donors (Lipinski definition) is 4. The highest BCUT2D eigenvalue weighted by molar-refractivity contribution is 7.09. The second-order valence-corrected chi connectivity index (χ2v) is 9.32. The van der Waals surface area contributed by atoms with E-state index in [-0.39, 0.29) is 22.9 Å². The molecule has 11 nitrogen and oxygen atoms in total. The quantitative estimate of drug-likeness (QED) is 0.220. The average molecular weight is 549 g/mol. The van der Waals surface area contributed by atoms with E-state index < -0.39 is 36.3 Å². The van der Waals surface area contributed by atoms with E-state index in [0.29, 0.717) is 16.6 Å². The Labute approximate surface area is 228 Å². The number of aryl methyl sites for hydroxylation is 1. The van der Waals surface area contributed by atoms with Crippen molar-refractivity contribution >= 4 is 57.5 Å². The maximum Gasteiger partial charge on any atom is 0.325 e. The van der Waals surface area contributed by atoms with Crippen LogP contribution in [0.3, 0.4) is 0 Å². The molecule has 3 amide bonds. The van der Waals surface area contributed by atoms with E-state index in [9.17, 15) is 19.2 Å². The Morgan fingerprint density at radius 1 is 1.10 bits per heavy atom. The number of para-hydroxylation sites is 1. The lowest BCUT2D eigenvalue weighted by molar-refractivity contribution is -0.143. The molecule has 0 spiro atoms. The number of benzene rings is 2. The van der Waals surface area contributed by atoms with Crippen LogP contribution in [-0.4, -0.2) is 46.2 Å². The van der Waals surface area contributed by atoms with Gasteiger partial charge >= 0.3 is 5.97 Å². The molecule has 1 atom stereocenters. The summed E-state index contributed by atoms with van der Waals surface area (Å²) in [7, 11) is 0. The number of carbonyl (C=O) groups excluding carboxylic acids is 4. The summed E-state index contributed by atoms with van der Waals surface area (Å²) >= 11 is 0.717. The van der Waals surface area contributed by atoms with Crippen molar-refractivity contribution in [1.29, 1.82) is 0 Å². The molecule has 6 N–H and O–H groups in total. The number of H-pyrrole nitrogens is 1. The third kappa shape index (κ3) is 5.60. The first-order chi connectivity index (χ1) is 18.8. The summed E-state index contributed by atoms with van der Waals surface area (Å²) in [6.07, 6.45) is 2.41. The summed E-state index contributed by atoms with van der Waals surface area (Å²) in [6.45, 7) is 3.42. The molecular formula is C27H28N6O5S. The fourth-order valence-corrected chi connectivity index (χ4v) is 4.94. The molecule has 0 saturated heterocycles. The minimum atomic E-state index is -1.24. The van der Waals surface area contributed by atoms with Gasteiger partial charge in [0.25, 0.3) is 11.8 Å². The van der Waals surface area contributed by atoms with Gasteiger partial charge in [-0.15, -0.1) is 0 Å². The van der Waals surface area contributed by atoms with Crippen molar-refractivity contribution in [2.24, 2.45) is 5.73 Å². The Morgan fingerprint density at radius 2 is 1.82 bits per heavy atom. The largest absolute Gasteiger partial charge is 0.465 e. The van der Waals surface area contributed by atoms with E-state index in [1.165, 1.54) is 4.90 Å². The lowest BCUT2D eigenvalue weighted by atomic mass is 10.0. The molecule has 4 rings (SSSR count). The van der Waals surface area contributed by atoms with Gasteiger partial charge in [0.1, 0.15) is 17.5 Å².